The molecule has 5 aliphatic heterocycles. The van der Waals surface area contributed by atoms with E-state index in [-0.39, 0.29) is 31.2 Å². The van der Waals surface area contributed by atoms with Gasteiger partial charge in [-0.25, -0.2) is 28.7 Å². The van der Waals surface area contributed by atoms with Gasteiger partial charge in [0.2, 0.25) is 5.89 Å². The molecule has 1 spiro atoms. The number of likely N-dealkylation sites (tertiary alicyclic amines) is 1. The Morgan fingerprint density at radius 1 is 0.714 bits per heavy atom. The molecule has 5 fully saturated rings. The monoisotopic (exact) mass is 1080 g/mol. The molecule has 3 unspecified atom stereocenters. The number of benzene rings is 2. The van der Waals surface area contributed by atoms with Gasteiger partial charge >= 0.3 is 0 Å². The number of ether oxygens (including phenoxy) is 4. The van der Waals surface area contributed by atoms with Gasteiger partial charge in [0.25, 0.3) is 6.43 Å². The number of nitrogens with one attached hydrogen (secondary N) is 2. The van der Waals surface area contributed by atoms with Crippen molar-refractivity contribution in [1.82, 2.24) is 45.6 Å². The van der Waals surface area contributed by atoms with Crippen molar-refractivity contribution in [2.75, 3.05) is 127 Å². The minimum absolute atomic E-state index is 0.0413. The zero-order valence-corrected chi connectivity index (χ0v) is 46.1. The second-order valence-electron chi connectivity index (χ2n) is 19.8. The third-order valence-electron chi connectivity index (χ3n) is 13.5. The number of aliphatic hydroxyl groups is 2. The highest BCUT2D eigenvalue weighted by molar-refractivity contribution is 5.68. The number of nitrogen functional groups attached to an aromatic ring is 2. The van der Waals surface area contributed by atoms with E-state index in [1.54, 1.807) is 14.1 Å². The Labute approximate surface area is 452 Å². The summed E-state index contributed by atoms with van der Waals surface area (Å²) in [7, 11) is 3.55. The van der Waals surface area contributed by atoms with Crippen LogP contribution in [0.4, 0.5) is 32.1 Å². The summed E-state index contributed by atoms with van der Waals surface area (Å²) >= 11 is 0. The highest BCUT2D eigenvalue weighted by atomic mass is 19.3. The second kappa shape index (κ2) is 30.3. The number of anilines is 4. The van der Waals surface area contributed by atoms with E-state index in [0.717, 1.165) is 99.2 Å². The fourth-order valence-electron chi connectivity index (χ4n) is 9.66. The molecule has 5 saturated heterocycles. The SMILES string of the molecule is C1CCOC1.C1CCOC1.CC.CNCC(O)COc1cccc(-c2nc(N)c(C)c(N3CCC4(CN(CC(F)F)C4)C3)n2)c1.CNCC(O)COc1cccc(-c2nc(N)c(C)c(N3CCCC3c3nc(C)no3)n2)c1. The zero-order valence-electron chi connectivity index (χ0n) is 46.1. The van der Waals surface area contributed by atoms with Gasteiger partial charge in [-0.1, -0.05) is 43.3 Å². The Kier molecular flexibility index (Phi) is 23.8. The maximum atomic E-state index is 12.7. The highest BCUT2D eigenvalue weighted by Gasteiger charge is 2.48. The van der Waals surface area contributed by atoms with Crippen LogP contribution in [0.15, 0.2) is 53.1 Å². The van der Waals surface area contributed by atoms with Gasteiger partial charge in [0, 0.05) is 99.9 Å². The minimum atomic E-state index is -2.29. The van der Waals surface area contributed by atoms with Crippen molar-refractivity contribution in [2.24, 2.45) is 5.41 Å². The molecule has 8 N–H and O–H groups in total. The number of hydrogen-bond donors (Lipinski definition) is 6. The van der Waals surface area contributed by atoms with Crippen LogP contribution in [0.3, 0.4) is 0 Å². The number of nitrogens with zero attached hydrogens (tertiary/aromatic N) is 9. The molecular formula is C55H83F2N13O7. The van der Waals surface area contributed by atoms with Crippen molar-refractivity contribution >= 4 is 23.3 Å². The van der Waals surface area contributed by atoms with Crippen molar-refractivity contribution in [2.45, 2.75) is 104 Å². The summed E-state index contributed by atoms with van der Waals surface area (Å²) < 4.78 is 52.1. The molecule has 20 nitrogen and oxygen atoms in total. The van der Waals surface area contributed by atoms with Crippen LogP contribution in [0.1, 0.15) is 87.7 Å². The number of aliphatic hydroxyl groups excluding tert-OH is 2. The topological polar surface area (TPSA) is 254 Å². The normalized spacial score (nSPS) is 18.3. The first-order valence-electron chi connectivity index (χ1n) is 27.1. The summed E-state index contributed by atoms with van der Waals surface area (Å²) in [6, 6.07) is 14.8. The second-order valence-corrected chi connectivity index (χ2v) is 19.8. The fourth-order valence-corrected chi connectivity index (χ4v) is 9.66. The van der Waals surface area contributed by atoms with E-state index in [1.165, 1.54) is 25.7 Å². The molecule has 0 saturated carbocycles. The number of halogens is 2. The number of rotatable bonds is 17. The molecule has 3 atom stereocenters. The molecule has 5 aromatic rings. The molecule has 22 heteroatoms. The van der Waals surface area contributed by atoms with Crippen molar-refractivity contribution in [3.8, 4) is 34.3 Å². The van der Waals surface area contributed by atoms with Crippen LogP contribution in [-0.2, 0) is 9.47 Å². The molecule has 77 heavy (non-hydrogen) atoms. The number of aromatic nitrogens is 6. The third kappa shape index (κ3) is 17.6. The van der Waals surface area contributed by atoms with E-state index in [2.05, 4.69) is 40.5 Å². The lowest BCUT2D eigenvalue weighted by molar-refractivity contribution is -0.0235. The quantitative estimate of drug-likeness (QED) is 0.0588. The van der Waals surface area contributed by atoms with Crippen molar-refractivity contribution in [1.29, 1.82) is 0 Å². The molecular weight excluding hydrogens is 993 g/mol. The minimum Gasteiger partial charge on any atom is -0.491 e. The smallest absolute Gasteiger partial charge is 0.251 e. The fraction of sp³-hybridized carbons (Fsp3) is 0.600. The summed E-state index contributed by atoms with van der Waals surface area (Å²) in [5.74, 6) is 5.85. The van der Waals surface area contributed by atoms with E-state index >= 15 is 0 Å². The molecule has 0 bridgehead atoms. The standard InChI is InChI=1S/C23H32F2N6O2.C22H29N7O3.2C4H8O.C2H6/c1-15-20(26)28-21(16-4-3-5-18(8-16)33-11-17(32)9-27-2)29-22(15)31-7-6-23(14-31)12-30(13-23)10-19(24)25;1-13-19(23)26-20(15-6-4-7-17(10-15)31-12-16(30)11-24-3)27-21(13)29-9-5-8-18(29)22-25-14(2)28-32-22;2*1-2-4-5-3-1;1-2/h3-5,8,17,19,27,32H,6-7,9-14H2,1-2H3,(H2,26,28,29);4,6-7,10,16,18,24,30H,5,8-9,11-12H2,1-3H3,(H2,23,26,27);2*1-4H2;1-2H3. The first-order valence-corrected chi connectivity index (χ1v) is 27.1. The van der Waals surface area contributed by atoms with E-state index in [9.17, 15) is 19.0 Å². The molecule has 8 heterocycles. The van der Waals surface area contributed by atoms with Gasteiger partial charge in [0.1, 0.15) is 66.2 Å². The van der Waals surface area contributed by atoms with Gasteiger partial charge in [-0.15, -0.1) is 0 Å². The van der Waals surface area contributed by atoms with E-state index < -0.39 is 18.6 Å². The summed E-state index contributed by atoms with van der Waals surface area (Å²) in [4.78, 5) is 29.3. The van der Waals surface area contributed by atoms with E-state index in [1.807, 2.05) is 88.0 Å². The van der Waals surface area contributed by atoms with Crippen molar-refractivity contribution in [3.63, 3.8) is 0 Å². The summed E-state index contributed by atoms with van der Waals surface area (Å²) in [5, 5.41) is 29.5. The highest BCUT2D eigenvalue weighted by Crippen LogP contribution is 2.43. The molecule has 2 aromatic carbocycles. The van der Waals surface area contributed by atoms with E-state index in [0.29, 0.717) is 72.7 Å². The number of alkyl halides is 2. The Morgan fingerprint density at radius 2 is 1.23 bits per heavy atom. The predicted octanol–water partition coefficient (Wildman–Crippen LogP) is 6.42. The average Bonchev–Trinajstić information content (AvgIpc) is 4.30. The largest absolute Gasteiger partial charge is 0.491 e. The van der Waals surface area contributed by atoms with Gasteiger partial charge in [0.15, 0.2) is 17.5 Å². The van der Waals surface area contributed by atoms with Crippen molar-refractivity contribution in [3.05, 3.63) is 71.4 Å². The Bertz CT molecular complexity index is 2520. The zero-order chi connectivity index (χ0) is 55.3. The molecule has 0 amide bonds. The lowest BCUT2D eigenvalue weighted by Gasteiger charge is -2.48. The summed E-state index contributed by atoms with van der Waals surface area (Å²) in [5.41, 5.74) is 15.8. The van der Waals surface area contributed by atoms with Crippen LogP contribution in [-0.4, -0.2) is 170 Å². The molecule has 0 aliphatic carbocycles. The number of likely N-dealkylation sites (N-methyl/N-ethyl adjacent to an activating group) is 2. The molecule has 5 aliphatic rings. The first kappa shape index (κ1) is 60.4. The Hall–Kier alpha value is -5.88. The van der Waals surface area contributed by atoms with Gasteiger partial charge in [-0.05, 0) is 104 Å². The van der Waals surface area contributed by atoms with Crippen LogP contribution in [0.2, 0.25) is 0 Å². The van der Waals surface area contributed by atoms with E-state index in [4.69, 9.17) is 44.9 Å². The first-order chi connectivity index (χ1) is 37.2. The van der Waals surface area contributed by atoms with Gasteiger partial charge < -0.3 is 65.6 Å². The molecule has 10 rings (SSSR count). The van der Waals surface area contributed by atoms with Gasteiger partial charge in [0.05, 0.1) is 6.54 Å². The predicted molar refractivity (Wildman–Crippen MR) is 296 cm³/mol. The summed E-state index contributed by atoms with van der Waals surface area (Å²) in [6.45, 7) is 18.5. The lowest BCUT2D eigenvalue weighted by atomic mass is 9.79. The van der Waals surface area contributed by atoms with Crippen LogP contribution in [0, 0.1) is 26.2 Å². The van der Waals surface area contributed by atoms with Crippen LogP contribution in [0.25, 0.3) is 22.8 Å². The molecule has 0 radical (unpaired) electrons. The lowest BCUT2D eigenvalue weighted by Crippen LogP contribution is -2.58. The number of aryl methyl sites for hydroxylation is 1. The third-order valence-corrected chi connectivity index (χ3v) is 13.5. The van der Waals surface area contributed by atoms with Crippen LogP contribution in [0.5, 0.6) is 11.5 Å². The molecule has 424 valence electrons. The maximum Gasteiger partial charge on any atom is 0.251 e. The number of hydrogen-bond acceptors (Lipinski definition) is 20. The van der Waals surface area contributed by atoms with Gasteiger partial charge in [-0.3, -0.25) is 4.90 Å². The Balaban J connectivity index is 0.000000205. The van der Waals surface area contributed by atoms with Crippen molar-refractivity contribution < 1.29 is 42.5 Å². The number of nitrogens with two attached hydrogens (primary N) is 2. The maximum absolute atomic E-state index is 12.7. The average molecular weight is 1080 g/mol. The van der Waals surface area contributed by atoms with Crippen LogP contribution >= 0.6 is 0 Å². The summed E-state index contributed by atoms with van der Waals surface area (Å²) in [6.07, 6.45) is 4.45. The molecule has 3 aromatic heterocycles. The van der Waals surface area contributed by atoms with Gasteiger partial charge in [-0.2, -0.15) is 4.98 Å². The Morgan fingerprint density at radius 3 is 1.70 bits per heavy atom. The van der Waals surface area contributed by atoms with Crippen LogP contribution < -0.4 is 41.4 Å².